The van der Waals surface area contributed by atoms with Crippen LogP contribution in [0.2, 0.25) is 0 Å². The molecular formula is C18H15N5O4S2. The quantitative estimate of drug-likeness (QED) is 0.382. The first-order chi connectivity index (χ1) is 13.6. The molecule has 0 aliphatic heterocycles. The summed E-state index contributed by atoms with van der Waals surface area (Å²) >= 11 is 10.2. The van der Waals surface area contributed by atoms with Gasteiger partial charge in [0.05, 0.1) is 27.5 Å². The van der Waals surface area contributed by atoms with Crippen molar-refractivity contribution in [2.75, 3.05) is 0 Å². The highest BCUT2D eigenvalue weighted by Crippen LogP contribution is 2.32. The van der Waals surface area contributed by atoms with Crippen molar-refractivity contribution < 1.29 is 9.85 Å². The first-order valence-electron chi connectivity index (χ1n) is 8.16. The first-order valence-corrected chi connectivity index (χ1v) is 8.98. The molecule has 2 aromatic carbocycles. The molecule has 29 heavy (non-hydrogen) atoms. The Morgan fingerprint density at radius 3 is 2.21 bits per heavy atom. The van der Waals surface area contributed by atoms with Crippen molar-refractivity contribution in [1.82, 2.24) is 0 Å². The Balaban J connectivity index is 2.59. The summed E-state index contributed by atoms with van der Waals surface area (Å²) in [4.78, 5) is 20.9. The van der Waals surface area contributed by atoms with Crippen LogP contribution in [-0.4, -0.2) is 19.8 Å². The van der Waals surface area contributed by atoms with E-state index in [1.54, 1.807) is 13.0 Å². The van der Waals surface area contributed by atoms with Gasteiger partial charge in [-0.1, -0.05) is 37.4 Å². The number of hydrogen-bond acceptors (Lipinski definition) is 7. The summed E-state index contributed by atoms with van der Waals surface area (Å²) in [6, 6.07) is 8.67. The van der Waals surface area contributed by atoms with Crippen molar-refractivity contribution in [2.45, 2.75) is 19.3 Å². The van der Waals surface area contributed by atoms with Gasteiger partial charge in [-0.2, -0.15) is 5.26 Å². The summed E-state index contributed by atoms with van der Waals surface area (Å²) in [6.07, 6.45) is 0.173. The molecule has 0 bridgehead atoms. The van der Waals surface area contributed by atoms with Crippen LogP contribution in [0.4, 0.5) is 11.4 Å². The molecule has 11 heteroatoms. The van der Waals surface area contributed by atoms with Gasteiger partial charge in [-0.15, -0.1) is 0 Å². The highest BCUT2D eigenvalue weighted by molar-refractivity contribution is 7.81. The smallest absolute Gasteiger partial charge is 0.279 e. The maximum Gasteiger partial charge on any atom is 0.279 e. The van der Waals surface area contributed by atoms with E-state index >= 15 is 0 Å². The van der Waals surface area contributed by atoms with Gasteiger partial charge in [0.25, 0.3) is 11.4 Å². The summed E-state index contributed by atoms with van der Waals surface area (Å²) in [6.45, 7) is 1.79. The van der Waals surface area contributed by atoms with E-state index in [0.717, 1.165) is 6.07 Å². The van der Waals surface area contributed by atoms with Crippen molar-refractivity contribution in [2.24, 2.45) is 11.5 Å². The fourth-order valence-corrected chi connectivity index (χ4v) is 3.52. The van der Waals surface area contributed by atoms with Crippen molar-refractivity contribution in [3.63, 3.8) is 0 Å². The number of benzene rings is 2. The van der Waals surface area contributed by atoms with E-state index in [-0.39, 0.29) is 44.8 Å². The lowest BCUT2D eigenvalue weighted by Crippen LogP contribution is -2.23. The summed E-state index contributed by atoms with van der Waals surface area (Å²) in [7, 11) is 0. The highest BCUT2D eigenvalue weighted by atomic mass is 32.1. The third-order valence-electron chi connectivity index (χ3n) is 4.38. The minimum atomic E-state index is -0.694. The second kappa shape index (κ2) is 8.68. The van der Waals surface area contributed by atoms with E-state index in [0.29, 0.717) is 16.7 Å². The third kappa shape index (κ3) is 4.50. The Bertz CT molecular complexity index is 1090. The van der Waals surface area contributed by atoms with E-state index in [2.05, 4.69) is 0 Å². The molecule has 0 amide bonds. The molecule has 2 aromatic rings. The molecule has 0 fully saturated rings. The Morgan fingerprint density at radius 2 is 1.72 bits per heavy atom. The Kier molecular flexibility index (Phi) is 6.53. The molecule has 1 atom stereocenters. The van der Waals surface area contributed by atoms with E-state index < -0.39 is 9.85 Å². The molecule has 0 aromatic heterocycles. The fourth-order valence-electron chi connectivity index (χ4n) is 3.09. The normalized spacial score (nSPS) is 11.3. The zero-order valence-electron chi connectivity index (χ0n) is 15.1. The topological polar surface area (TPSA) is 162 Å². The van der Waals surface area contributed by atoms with Gasteiger partial charge in [0, 0.05) is 22.8 Å². The molecule has 0 spiro atoms. The summed E-state index contributed by atoms with van der Waals surface area (Å²) < 4.78 is 0. The zero-order valence-corrected chi connectivity index (χ0v) is 16.8. The van der Waals surface area contributed by atoms with Crippen molar-refractivity contribution in [1.29, 1.82) is 5.26 Å². The van der Waals surface area contributed by atoms with E-state index in [1.807, 2.05) is 6.07 Å². The number of thiocarbonyl (C=S) groups is 2. The lowest BCUT2D eigenvalue weighted by atomic mass is 9.86. The molecule has 148 valence electrons. The van der Waals surface area contributed by atoms with Crippen molar-refractivity contribution in [3.8, 4) is 6.07 Å². The third-order valence-corrected chi connectivity index (χ3v) is 4.79. The van der Waals surface area contributed by atoms with Crippen LogP contribution in [0.15, 0.2) is 30.3 Å². The molecular weight excluding hydrogens is 414 g/mol. The number of nitriles is 1. The Hall–Kier alpha value is -3.49. The first kappa shape index (κ1) is 21.8. The molecule has 0 aliphatic rings. The number of nitrogens with zero attached hydrogens (tertiary/aromatic N) is 3. The van der Waals surface area contributed by atoms with Crippen molar-refractivity contribution >= 4 is 45.8 Å². The predicted octanol–water partition coefficient (Wildman–Crippen LogP) is 2.99. The number of hydrogen-bond donors (Lipinski definition) is 2. The van der Waals surface area contributed by atoms with Gasteiger partial charge >= 0.3 is 0 Å². The molecule has 0 aliphatic carbocycles. The lowest BCUT2D eigenvalue weighted by molar-refractivity contribution is -0.394. The molecule has 0 saturated heterocycles. The van der Waals surface area contributed by atoms with Crippen LogP contribution in [0.5, 0.6) is 0 Å². The average Bonchev–Trinajstić information content (AvgIpc) is 2.66. The zero-order chi connectivity index (χ0) is 21.9. The number of rotatable bonds is 7. The van der Waals surface area contributed by atoms with Crippen LogP contribution in [0.25, 0.3) is 0 Å². The summed E-state index contributed by atoms with van der Waals surface area (Å²) in [5.41, 5.74) is 12.7. The molecule has 0 saturated carbocycles. The van der Waals surface area contributed by atoms with Gasteiger partial charge in [0.15, 0.2) is 0 Å². The van der Waals surface area contributed by atoms with Crippen LogP contribution in [0.3, 0.4) is 0 Å². The Labute approximate surface area is 176 Å². The van der Waals surface area contributed by atoms with Gasteiger partial charge in [-0.3, -0.25) is 20.2 Å². The van der Waals surface area contributed by atoms with E-state index in [9.17, 15) is 25.5 Å². The Morgan fingerprint density at radius 1 is 1.10 bits per heavy atom. The fraction of sp³-hybridized carbons (Fsp3) is 0.167. The average molecular weight is 429 g/mol. The second-order valence-corrected chi connectivity index (χ2v) is 7.10. The van der Waals surface area contributed by atoms with Crippen molar-refractivity contribution in [3.05, 3.63) is 78.4 Å². The highest BCUT2D eigenvalue weighted by Gasteiger charge is 2.25. The monoisotopic (exact) mass is 429 g/mol. The minimum absolute atomic E-state index is 0.00931. The molecule has 0 radical (unpaired) electrons. The standard InChI is InChI=1S/C18H15N5O4S2/c1-9(6-10-2-4-12(22(24)25)7-14(10)23(26)27)13-5-3-11(8-19)15(17(20)28)16(13)18(21)29/h2-5,7,9H,6H2,1H3,(H2,20,28)(H2,21,29). The molecule has 1 unspecified atom stereocenters. The van der Waals surface area contributed by atoms with Gasteiger partial charge in [-0.05, 0) is 30.0 Å². The van der Waals surface area contributed by atoms with Crippen LogP contribution in [0.1, 0.15) is 40.7 Å². The van der Waals surface area contributed by atoms with Crippen LogP contribution in [0, 0.1) is 31.6 Å². The largest absolute Gasteiger partial charge is 0.389 e. The number of nitro groups is 2. The van der Waals surface area contributed by atoms with E-state index in [4.69, 9.17) is 35.9 Å². The van der Waals surface area contributed by atoms with Gasteiger partial charge in [-0.25, -0.2) is 0 Å². The predicted molar refractivity (Wildman–Crippen MR) is 115 cm³/mol. The van der Waals surface area contributed by atoms with Crippen LogP contribution < -0.4 is 11.5 Å². The second-order valence-electron chi connectivity index (χ2n) is 6.23. The maximum absolute atomic E-state index is 11.4. The van der Waals surface area contributed by atoms with Crippen LogP contribution in [-0.2, 0) is 6.42 Å². The molecule has 2 rings (SSSR count). The maximum atomic E-state index is 11.4. The van der Waals surface area contributed by atoms with Gasteiger partial charge in [0.2, 0.25) is 0 Å². The number of nitro benzene ring substituents is 2. The van der Waals surface area contributed by atoms with Gasteiger partial charge < -0.3 is 11.5 Å². The SMILES string of the molecule is CC(Cc1ccc([N+](=O)[O-])cc1[N+](=O)[O-])c1ccc(C#N)c(C(N)=S)c1C(N)=S. The minimum Gasteiger partial charge on any atom is -0.389 e. The van der Waals surface area contributed by atoms with Gasteiger partial charge in [0.1, 0.15) is 9.98 Å². The molecule has 4 N–H and O–H groups in total. The molecule has 0 heterocycles. The number of non-ortho nitro benzene ring substituents is 1. The van der Waals surface area contributed by atoms with Crippen LogP contribution >= 0.6 is 24.4 Å². The summed E-state index contributed by atoms with van der Waals surface area (Å²) in [5, 5.41) is 31.6. The summed E-state index contributed by atoms with van der Waals surface area (Å²) in [5.74, 6) is -0.340. The number of nitrogens with two attached hydrogens (primary N) is 2. The van der Waals surface area contributed by atoms with E-state index in [1.165, 1.54) is 18.2 Å². The molecule has 9 nitrogen and oxygen atoms in total. The lowest BCUT2D eigenvalue weighted by Gasteiger charge is -2.20.